The van der Waals surface area contributed by atoms with Gasteiger partial charge in [0.15, 0.2) is 11.3 Å². The lowest BCUT2D eigenvalue weighted by molar-refractivity contribution is 0.303. The van der Waals surface area contributed by atoms with Crippen molar-refractivity contribution in [1.82, 2.24) is 30.0 Å². The van der Waals surface area contributed by atoms with Gasteiger partial charge in [0.2, 0.25) is 5.95 Å². The van der Waals surface area contributed by atoms with Gasteiger partial charge in [-0.3, -0.25) is 9.67 Å². The third-order valence-corrected chi connectivity index (χ3v) is 15.6. The molecule has 9 nitrogen and oxygen atoms in total. The Labute approximate surface area is 308 Å². The van der Waals surface area contributed by atoms with Crippen LogP contribution in [0.4, 0.5) is 11.8 Å². The van der Waals surface area contributed by atoms with Gasteiger partial charge < -0.3 is 20.4 Å². The molecule has 52 heavy (non-hydrogen) atoms. The molecule has 270 valence electrons. The number of nitrogen functional groups attached to an aromatic ring is 1. The third kappa shape index (κ3) is 7.33. The van der Waals surface area contributed by atoms with Gasteiger partial charge >= 0.3 is 0 Å². The van der Waals surface area contributed by atoms with Gasteiger partial charge in [0.25, 0.3) is 8.32 Å². The van der Waals surface area contributed by atoms with E-state index in [4.69, 9.17) is 25.2 Å². The molecule has 6 aromatic rings. The number of aromatic nitrogens is 5. The highest BCUT2D eigenvalue weighted by Gasteiger charge is 2.50. The fraction of sp³-hybridized carbons (Fsp3) is 0.381. The fourth-order valence-electron chi connectivity index (χ4n) is 7.62. The van der Waals surface area contributed by atoms with E-state index in [0.717, 1.165) is 53.9 Å². The highest BCUT2D eigenvalue weighted by molar-refractivity contribution is 6.99. The molecule has 3 N–H and O–H groups in total. The van der Waals surface area contributed by atoms with Gasteiger partial charge in [0.1, 0.15) is 5.52 Å². The molecule has 7 rings (SSSR count). The maximum atomic E-state index is 7.30. The summed E-state index contributed by atoms with van der Waals surface area (Å²) in [7, 11) is -2.70. The Morgan fingerprint density at radius 3 is 2.25 bits per heavy atom. The molecule has 1 aliphatic rings. The molecule has 0 aliphatic heterocycles. The smallest absolute Gasteiger partial charge is 0.261 e. The average Bonchev–Trinajstić information content (AvgIpc) is 3.53. The molecule has 3 heterocycles. The highest BCUT2D eigenvalue weighted by atomic mass is 28.4. The summed E-state index contributed by atoms with van der Waals surface area (Å²) in [5, 5.41) is 12.4. The number of hydrogen-bond acceptors (Lipinski definition) is 8. The lowest BCUT2D eigenvalue weighted by Gasteiger charge is -2.43. The number of nitrogens with zero attached hydrogens (tertiary/aromatic N) is 6. The second-order valence-electron chi connectivity index (χ2n) is 15.1. The molecule has 0 spiro atoms. The summed E-state index contributed by atoms with van der Waals surface area (Å²) in [5.74, 6) is 0.994. The Kier molecular flexibility index (Phi) is 10.7. The van der Waals surface area contributed by atoms with Crippen molar-refractivity contribution in [2.75, 3.05) is 30.3 Å². The number of anilines is 2. The molecule has 1 aliphatic carbocycles. The van der Waals surface area contributed by atoms with Crippen LogP contribution in [0.15, 0.2) is 97.3 Å². The lowest BCUT2D eigenvalue weighted by atomic mass is 9.93. The number of nitrogens with two attached hydrogens (primary N) is 1. The predicted molar refractivity (Wildman–Crippen MR) is 216 cm³/mol. The van der Waals surface area contributed by atoms with Crippen LogP contribution in [0.3, 0.4) is 0 Å². The summed E-state index contributed by atoms with van der Waals surface area (Å²) in [6.07, 6.45) is 9.76. The van der Waals surface area contributed by atoms with Crippen molar-refractivity contribution in [1.29, 1.82) is 0 Å². The van der Waals surface area contributed by atoms with Crippen LogP contribution in [0.1, 0.15) is 70.9 Å². The summed E-state index contributed by atoms with van der Waals surface area (Å²) in [6, 6.07) is 30.8. The van der Waals surface area contributed by atoms with E-state index in [9.17, 15) is 0 Å². The maximum Gasteiger partial charge on any atom is 0.261 e. The quantitative estimate of drug-likeness (QED) is 0.112. The first-order valence-corrected chi connectivity index (χ1v) is 20.8. The number of unbranched alkanes of at least 4 members (excludes halogenated alkanes) is 1. The topological polar surface area (TPSA) is 107 Å². The van der Waals surface area contributed by atoms with Crippen molar-refractivity contribution < 1.29 is 4.43 Å². The van der Waals surface area contributed by atoms with E-state index in [2.05, 4.69) is 122 Å². The molecule has 1 saturated carbocycles. The van der Waals surface area contributed by atoms with Crippen molar-refractivity contribution in [2.45, 2.75) is 84.0 Å². The predicted octanol–water partition coefficient (Wildman–Crippen LogP) is 6.83. The van der Waals surface area contributed by atoms with Crippen LogP contribution >= 0.6 is 0 Å². The van der Waals surface area contributed by atoms with E-state index in [1.807, 2.05) is 23.1 Å². The van der Waals surface area contributed by atoms with Crippen molar-refractivity contribution in [2.24, 2.45) is 0 Å². The van der Waals surface area contributed by atoms with Crippen molar-refractivity contribution in [3.63, 3.8) is 0 Å². The van der Waals surface area contributed by atoms with Crippen LogP contribution in [-0.4, -0.2) is 58.8 Å². The minimum Gasteiger partial charge on any atom is -0.406 e. The maximum absolute atomic E-state index is 7.30. The second-order valence-corrected chi connectivity index (χ2v) is 19.4. The number of benzene rings is 3. The number of hydrogen-bond donors (Lipinski definition) is 2. The molecule has 0 radical (unpaired) electrons. The second kappa shape index (κ2) is 15.5. The summed E-state index contributed by atoms with van der Waals surface area (Å²) < 4.78 is 9.25. The first-order chi connectivity index (χ1) is 25.3. The Balaban J connectivity index is 1.18. The van der Waals surface area contributed by atoms with E-state index in [-0.39, 0.29) is 11.0 Å². The van der Waals surface area contributed by atoms with Crippen LogP contribution in [0.2, 0.25) is 5.04 Å². The van der Waals surface area contributed by atoms with E-state index >= 15 is 0 Å². The number of fused-ring (bicyclic) bond motifs is 2. The Bertz CT molecular complexity index is 2050. The van der Waals surface area contributed by atoms with Crippen molar-refractivity contribution >= 4 is 52.4 Å². The fourth-order valence-corrected chi connectivity index (χ4v) is 12.2. The molecule has 0 unspecified atom stereocenters. The van der Waals surface area contributed by atoms with Crippen LogP contribution in [-0.2, 0) is 17.5 Å². The molecule has 0 bridgehead atoms. The Morgan fingerprint density at radius 1 is 0.885 bits per heavy atom. The third-order valence-electron chi connectivity index (χ3n) is 10.5. The van der Waals surface area contributed by atoms with E-state index in [1.54, 1.807) is 0 Å². The van der Waals surface area contributed by atoms with Crippen LogP contribution in [0.5, 0.6) is 0 Å². The molecular formula is C42H52N8OSi. The standard InChI is InChI=1S/C42H52N8OSi/c1-5-6-25-49(26-27-51-52(42(2,3)4,34-17-9-7-10-18-34)35-19-11-8-12-20-35)40-39-37(46-41(43)47-40)30-50(48-39)29-32-23-22-31(28-45-33-15-13-16-33)36-21-14-24-44-38(32)36/h7-12,14,17-24,30,33,45H,5-6,13,15-16,25-29H2,1-4H3,(H2,43,46). The zero-order valence-electron chi connectivity index (χ0n) is 31.1. The summed E-state index contributed by atoms with van der Waals surface area (Å²) in [5.41, 5.74) is 11.3. The SMILES string of the molecule is CCCCN(CCO[Si](c1ccccc1)(c1ccccc1)C(C)(C)C)c1nc(N)nc2cn(Cc3ccc(CNC4CCC4)c4cccnc34)nc12. The summed E-state index contributed by atoms with van der Waals surface area (Å²) in [6.45, 7) is 12.6. The number of rotatable bonds is 15. The van der Waals surface area contributed by atoms with Crippen LogP contribution in [0.25, 0.3) is 21.9 Å². The van der Waals surface area contributed by atoms with Crippen molar-refractivity contribution in [3.05, 3.63) is 108 Å². The summed E-state index contributed by atoms with van der Waals surface area (Å²) in [4.78, 5) is 16.6. The molecule has 10 heteroatoms. The minimum absolute atomic E-state index is 0.111. The van der Waals surface area contributed by atoms with Gasteiger partial charge in [0, 0.05) is 37.3 Å². The first kappa shape index (κ1) is 35.7. The van der Waals surface area contributed by atoms with Gasteiger partial charge in [-0.25, -0.2) is 4.98 Å². The molecule has 0 atom stereocenters. The minimum atomic E-state index is -2.70. The number of nitrogens with one attached hydrogen (secondary N) is 1. The van der Waals surface area contributed by atoms with Crippen molar-refractivity contribution in [3.8, 4) is 0 Å². The molecule has 0 amide bonds. The molecule has 0 saturated heterocycles. The first-order valence-electron chi connectivity index (χ1n) is 18.9. The largest absolute Gasteiger partial charge is 0.406 e. The lowest BCUT2D eigenvalue weighted by Crippen LogP contribution is -2.67. The van der Waals surface area contributed by atoms with E-state index in [1.165, 1.54) is 40.6 Å². The van der Waals surface area contributed by atoms with E-state index in [0.29, 0.717) is 25.7 Å². The summed E-state index contributed by atoms with van der Waals surface area (Å²) >= 11 is 0. The Hall–Kier alpha value is -4.64. The van der Waals surface area contributed by atoms with Gasteiger partial charge in [-0.05, 0) is 51.9 Å². The van der Waals surface area contributed by atoms with Gasteiger partial charge in [-0.1, -0.05) is 119 Å². The molecule has 3 aromatic carbocycles. The normalized spacial score (nSPS) is 13.8. The van der Waals surface area contributed by atoms with Gasteiger partial charge in [0.05, 0.1) is 24.9 Å². The highest BCUT2D eigenvalue weighted by Crippen LogP contribution is 2.37. The number of pyridine rings is 1. The van der Waals surface area contributed by atoms with Gasteiger partial charge in [-0.15, -0.1) is 0 Å². The van der Waals surface area contributed by atoms with Gasteiger partial charge in [-0.2, -0.15) is 10.1 Å². The molecular weight excluding hydrogens is 661 g/mol. The van der Waals surface area contributed by atoms with E-state index < -0.39 is 8.32 Å². The van der Waals surface area contributed by atoms with Crippen LogP contribution < -0.4 is 26.3 Å². The zero-order valence-corrected chi connectivity index (χ0v) is 32.1. The molecule has 3 aromatic heterocycles. The monoisotopic (exact) mass is 712 g/mol. The van der Waals surface area contributed by atoms with Crippen LogP contribution in [0, 0.1) is 0 Å². The molecule has 1 fully saturated rings. The Morgan fingerprint density at radius 2 is 1.60 bits per heavy atom. The average molecular weight is 713 g/mol. The zero-order chi connectivity index (χ0) is 36.1.